The topological polar surface area (TPSA) is 97.6 Å². The van der Waals surface area contributed by atoms with Crippen molar-refractivity contribution >= 4 is 17.5 Å². The molecular weight excluding hydrogens is 318 g/mol. The maximum absolute atomic E-state index is 12.1. The van der Waals surface area contributed by atoms with E-state index >= 15 is 0 Å². The van der Waals surface area contributed by atoms with Crippen LogP contribution in [0.5, 0.6) is 0 Å². The Morgan fingerprint density at radius 3 is 3.00 bits per heavy atom. The van der Waals surface area contributed by atoms with Gasteiger partial charge < -0.3 is 5.32 Å². The summed E-state index contributed by atoms with van der Waals surface area (Å²) in [4.78, 5) is 25.4. The highest BCUT2D eigenvalue weighted by molar-refractivity contribution is 6.39. The maximum atomic E-state index is 12.1. The van der Waals surface area contributed by atoms with E-state index in [1.165, 1.54) is 0 Å². The molecule has 2 N–H and O–H groups in total. The fourth-order valence-electron chi connectivity index (χ4n) is 3.21. The molecule has 130 valence electrons. The van der Waals surface area contributed by atoms with E-state index in [1.807, 2.05) is 24.3 Å². The molecule has 2 amide bonds. The van der Waals surface area contributed by atoms with E-state index in [0.29, 0.717) is 31.0 Å². The minimum atomic E-state index is -0.201. The van der Waals surface area contributed by atoms with Crippen molar-refractivity contribution in [1.29, 1.82) is 5.26 Å². The average molecular weight is 339 g/mol. The van der Waals surface area contributed by atoms with E-state index in [4.69, 9.17) is 0 Å². The van der Waals surface area contributed by atoms with Gasteiger partial charge in [0.15, 0.2) is 0 Å². The molecule has 0 radical (unpaired) electrons. The number of rotatable bonds is 5. The second-order valence-corrected chi connectivity index (χ2v) is 6.46. The largest absolute Gasteiger partial charge is 0.351 e. The molecule has 0 unspecified atom stereocenters. The SMILES string of the molecule is N#Cc1ccccc1CN1CC[C@@H](CNC(=O)C2=NNC(=O)CC2)C1. The number of hydrazone groups is 1. The molecule has 7 heteroatoms. The van der Waals surface area contributed by atoms with E-state index in [2.05, 4.69) is 26.8 Å². The van der Waals surface area contributed by atoms with Gasteiger partial charge in [0.1, 0.15) is 5.71 Å². The molecule has 1 saturated heterocycles. The molecule has 3 rings (SSSR count). The Morgan fingerprint density at radius 2 is 2.24 bits per heavy atom. The Labute approximate surface area is 146 Å². The van der Waals surface area contributed by atoms with Crippen molar-refractivity contribution in [2.75, 3.05) is 19.6 Å². The number of amides is 2. The molecule has 0 aromatic heterocycles. The number of carbonyl (C=O) groups is 2. The minimum Gasteiger partial charge on any atom is -0.351 e. The van der Waals surface area contributed by atoms with Crippen LogP contribution in [0.3, 0.4) is 0 Å². The van der Waals surface area contributed by atoms with Crippen LogP contribution in [0.15, 0.2) is 29.4 Å². The normalized spacial score (nSPS) is 20.5. The van der Waals surface area contributed by atoms with Crippen LogP contribution in [0.1, 0.15) is 30.4 Å². The molecule has 0 bridgehead atoms. The highest BCUT2D eigenvalue weighted by Crippen LogP contribution is 2.19. The quantitative estimate of drug-likeness (QED) is 0.827. The Balaban J connectivity index is 1.46. The molecular formula is C18H21N5O2. The molecule has 2 aliphatic rings. The first kappa shape index (κ1) is 17.1. The zero-order valence-corrected chi connectivity index (χ0v) is 14.0. The lowest BCUT2D eigenvalue weighted by Crippen LogP contribution is -2.39. The summed E-state index contributed by atoms with van der Waals surface area (Å²) in [5.41, 5.74) is 4.49. The van der Waals surface area contributed by atoms with Gasteiger partial charge in [-0.05, 0) is 30.5 Å². The third-order valence-corrected chi connectivity index (χ3v) is 4.62. The van der Waals surface area contributed by atoms with Gasteiger partial charge in [0.25, 0.3) is 5.91 Å². The number of likely N-dealkylation sites (tertiary alicyclic amines) is 1. The van der Waals surface area contributed by atoms with E-state index in [0.717, 1.165) is 37.2 Å². The van der Waals surface area contributed by atoms with Crippen LogP contribution in [-0.4, -0.2) is 42.1 Å². The van der Waals surface area contributed by atoms with Crippen molar-refractivity contribution in [2.24, 2.45) is 11.0 Å². The molecule has 2 aliphatic heterocycles. The Bertz CT molecular complexity index is 737. The number of carbonyl (C=O) groups excluding carboxylic acids is 2. The molecule has 25 heavy (non-hydrogen) atoms. The Hall–Kier alpha value is -2.72. The van der Waals surface area contributed by atoms with Crippen LogP contribution in [-0.2, 0) is 16.1 Å². The van der Waals surface area contributed by atoms with Gasteiger partial charge in [0, 0.05) is 32.5 Å². The lowest BCUT2D eigenvalue weighted by Gasteiger charge is -2.17. The first-order valence-electron chi connectivity index (χ1n) is 8.49. The van der Waals surface area contributed by atoms with Gasteiger partial charge in [0.2, 0.25) is 5.91 Å². The van der Waals surface area contributed by atoms with Gasteiger partial charge >= 0.3 is 0 Å². The number of hydrogen-bond acceptors (Lipinski definition) is 5. The lowest BCUT2D eigenvalue weighted by molar-refractivity contribution is -0.121. The third-order valence-electron chi connectivity index (χ3n) is 4.62. The van der Waals surface area contributed by atoms with Crippen molar-refractivity contribution in [3.63, 3.8) is 0 Å². The highest BCUT2D eigenvalue weighted by Gasteiger charge is 2.25. The summed E-state index contributed by atoms with van der Waals surface area (Å²) in [5.74, 6) is 0.0332. The summed E-state index contributed by atoms with van der Waals surface area (Å²) >= 11 is 0. The van der Waals surface area contributed by atoms with E-state index in [1.54, 1.807) is 0 Å². The lowest BCUT2D eigenvalue weighted by atomic mass is 10.1. The summed E-state index contributed by atoms with van der Waals surface area (Å²) in [5, 5.41) is 15.9. The summed E-state index contributed by atoms with van der Waals surface area (Å²) in [6.45, 7) is 3.20. The smallest absolute Gasteiger partial charge is 0.267 e. The minimum absolute atomic E-state index is 0.152. The molecule has 0 aliphatic carbocycles. The molecule has 1 fully saturated rings. The summed E-state index contributed by atoms with van der Waals surface area (Å²) < 4.78 is 0. The maximum Gasteiger partial charge on any atom is 0.267 e. The van der Waals surface area contributed by atoms with Crippen molar-refractivity contribution in [3.8, 4) is 6.07 Å². The fraction of sp³-hybridized carbons (Fsp3) is 0.444. The monoisotopic (exact) mass is 339 g/mol. The van der Waals surface area contributed by atoms with E-state index in [-0.39, 0.29) is 11.8 Å². The summed E-state index contributed by atoms with van der Waals surface area (Å²) in [6.07, 6.45) is 1.71. The molecule has 0 saturated carbocycles. The highest BCUT2D eigenvalue weighted by atomic mass is 16.2. The van der Waals surface area contributed by atoms with Crippen molar-refractivity contribution < 1.29 is 9.59 Å². The van der Waals surface area contributed by atoms with E-state index in [9.17, 15) is 14.9 Å². The molecule has 0 spiro atoms. The number of benzene rings is 1. The third kappa shape index (κ3) is 4.43. The first-order valence-corrected chi connectivity index (χ1v) is 8.49. The summed E-state index contributed by atoms with van der Waals surface area (Å²) in [7, 11) is 0. The van der Waals surface area contributed by atoms with Crippen molar-refractivity contribution in [2.45, 2.75) is 25.8 Å². The number of nitrogens with one attached hydrogen (secondary N) is 2. The van der Waals surface area contributed by atoms with Gasteiger partial charge in [-0.15, -0.1) is 0 Å². The molecule has 2 heterocycles. The number of nitrogens with zero attached hydrogens (tertiary/aromatic N) is 3. The molecule has 1 atom stereocenters. The zero-order valence-electron chi connectivity index (χ0n) is 14.0. The molecule has 7 nitrogen and oxygen atoms in total. The standard InChI is InChI=1S/C18H21N5O2/c19-9-14-3-1-2-4-15(14)12-23-8-7-13(11-23)10-20-18(25)16-5-6-17(24)22-21-16/h1-4,13H,5-8,10-12H2,(H,20,25)(H,22,24)/t13-/m0/s1. The fourth-order valence-corrected chi connectivity index (χ4v) is 3.21. The van der Waals surface area contributed by atoms with Gasteiger partial charge in [-0.25, -0.2) is 5.43 Å². The van der Waals surface area contributed by atoms with Crippen LogP contribution in [0.4, 0.5) is 0 Å². The molecule has 1 aromatic rings. The van der Waals surface area contributed by atoms with Crippen LogP contribution in [0, 0.1) is 17.2 Å². The van der Waals surface area contributed by atoms with Crippen molar-refractivity contribution in [3.05, 3.63) is 35.4 Å². The Morgan fingerprint density at radius 1 is 1.40 bits per heavy atom. The molecule has 1 aromatic carbocycles. The van der Waals surface area contributed by atoms with Crippen LogP contribution in [0.2, 0.25) is 0 Å². The number of hydrogen-bond donors (Lipinski definition) is 2. The zero-order chi connectivity index (χ0) is 17.6. The predicted octanol–water partition coefficient (Wildman–Crippen LogP) is 0.762. The van der Waals surface area contributed by atoms with Crippen molar-refractivity contribution in [1.82, 2.24) is 15.6 Å². The van der Waals surface area contributed by atoms with Crippen LogP contribution >= 0.6 is 0 Å². The summed E-state index contributed by atoms with van der Waals surface area (Å²) in [6, 6.07) is 9.89. The van der Waals surface area contributed by atoms with Gasteiger partial charge in [0.05, 0.1) is 11.6 Å². The second kappa shape index (κ2) is 7.90. The van der Waals surface area contributed by atoms with Crippen LogP contribution < -0.4 is 10.7 Å². The predicted molar refractivity (Wildman–Crippen MR) is 92.4 cm³/mol. The average Bonchev–Trinajstić information content (AvgIpc) is 3.08. The van der Waals surface area contributed by atoms with E-state index < -0.39 is 0 Å². The van der Waals surface area contributed by atoms with Gasteiger partial charge in [-0.1, -0.05) is 18.2 Å². The number of nitriles is 1. The Kier molecular flexibility index (Phi) is 5.41. The first-order chi connectivity index (χ1) is 12.2. The van der Waals surface area contributed by atoms with Gasteiger partial charge in [-0.2, -0.15) is 10.4 Å². The van der Waals surface area contributed by atoms with Gasteiger partial charge in [-0.3, -0.25) is 14.5 Å². The second-order valence-electron chi connectivity index (χ2n) is 6.46. The van der Waals surface area contributed by atoms with Crippen LogP contribution in [0.25, 0.3) is 0 Å².